The average molecular weight is 255 g/mol. The van der Waals surface area contributed by atoms with E-state index in [1.54, 1.807) is 0 Å². The SMILES string of the molecule is FC=C(F)c1c(F)cc(Br)cc1F. The summed E-state index contributed by atoms with van der Waals surface area (Å²) in [5.74, 6) is -3.88. The van der Waals surface area contributed by atoms with E-state index in [2.05, 4.69) is 15.9 Å². The molecule has 0 aromatic heterocycles. The van der Waals surface area contributed by atoms with Gasteiger partial charge in [0, 0.05) is 4.47 Å². The first kappa shape index (κ1) is 10.2. The molecule has 0 bridgehead atoms. The van der Waals surface area contributed by atoms with Crippen LogP contribution in [0.3, 0.4) is 0 Å². The van der Waals surface area contributed by atoms with Crippen molar-refractivity contribution < 1.29 is 17.6 Å². The largest absolute Gasteiger partial charge is 0.212 e. The van der Waals surface area contributed by atoms with Crippen molar-refractivity contribution in [1.82, 2.24) is 0 Å². The topological polar surface area (TPSA) is 0 Å². The Hall–Kier alpha value is -0.840. The molecule has 0 radical (unpaired) electrons. The van der Waals surface area contributed by atoms with Crippen LogP contribution in [0.5, 0.6) is 0 Å². The highest BCUT2D eigenvalue weighted by Gasteiger charge is 2.14. The third-order valence-electron chi connectivity index (χ3n) is 1.34. The maximum atomic E-state index is 12.8. The smallest absolute Gasteiger partial charge is 0.164 e. The molecule has 0 spiro atoms. The third kappa shape index (κ3) is 2.09. The van der Waals surface area contributed by atoms with Crippen LogP contribution in [0.2, 0.25) is 0 Å². The van der Waals surface area contributed by atoms with E-state index in [0.29, 0.717) is 0 Å². The van der Waals surface area contributed by atoms with E-state index < -0.39 is 29.4 Å². The molecule has 13 heavy (non-hydrogen) atoms. The zero-order valence-corrected chi connectivity index (χ0v) is 7.71. The minimum absolute atomic E-state index is 0.123. The first-order valence-electron chi connectivity index (χ1n) is 3.17. The molecule has 0 fully saturated rings. The van der Waals surface area contributed by atoms with E-state index in [4.69, 9.17) is 0 Å². The minimum atomic E-state index is -1.57. The Bertz CT molecular complexity index is 336. The molecule has 0 amide bonds. The number of halogens is 5. The highest BCUT2D eigenvalue weighted by molar-refractivity contribution is 9.10. The van der Waals surface area contributed by atoms with Crippen molar-refractivity contribution in [3.63, 3.8) is 0 Å². The van der Waals surface area contributed by atoms with Crippen LogP contribution in [0.4, 0.5) is 17.6 Å². The predicted octanol–water partition coefficient (Wildman–Crippen LogP) is 3.96. The number of hydrogen-bond acceptors (Lipinski definition) is 0. The van der Waals surface area contributed by atoms with Crippen LogP contribution in [-0.2, 0) is 0 Å². The van der Waals surface area contributed by atoms with Crippen LogP contribution in [0.15, 0.2) is 22.9 Å². The van der Waals surface area contributed by atoms with Crippen molar-refractivity contribution in [2.24, 2.45) is 0 Å². The molecule has 0 nitrogen and oxygen atoms in total. The molecule has 0 heterocycles. The highest BCUT2D eigenvalue weighted by atomic mass is 79.9. The number of rotatable bonds is 1. The second-order valence-corrected chi connectivity index (χ2v) is 3.12. The van der Waals surface area contributed by atoms with Gasteiger partial charge in [-0.15, -0.1) is 0 Å². The van der Waals surface area contributed by atoms with E-state index in [1.165, 1.54) is 0 Å². The molecule has 0 N–H and O–H groups in total. The first-order valence-corrected chi connectivity index (χ1v) is 3.96. The lowest BCUT2D eigenvalue weighted by molar-refractivity contribution is 0.559. The van der Waals surface area contributed by atoms with E-state index in [1.807, 2.05) is 0 Å². The molecule has 0 aliphatic heterocycles. The van der Waals surface area contributed by atoms with Crippen LogP contribution >= 0.6 is 15.9 Å². The Labute approximate surface area is 80.0 Å². The quantitative estimate of drug-likeness (QED) is 0.666. The van der Waals surface area contributed by atoms with Gasteiger partial charge in [-0.05, 0) is 12.1 Å². The van der Waals surface area contributed by atoms with Gasteiger partial charge < -0.3 is 0 Å². The molecule has 1 aromatic carbocycles. The molecule has 1 aromatic rings. The van der Waals surface area contributed by atoms with Gasteiger partial charge in [-0.25, -0.2) is 17.6 Å². The molecule has 5 heteroatoms. The zero-order valence-electron chi connectivity index (χ0n) is 6.12. The molecule has 0 saturated carbocycles. The van der Waals surface area contributed by atoms with Crippen LogP contribution in [0.25, 0.3) is 5.83 Å². The maximum absolute atomic E-state index is 12.8. The third-order valence-corrected chi connectivity index (χ3v) is 1.80. The summed E-state index contributed by atoms with van der Waals surface area (Å²) in [6, 6.07) is 1.70. The summed E-state index contributed by atoms with van der Waals surface area (Å²) in [6.45, 7) is 0. The lowest BCUT2D eigenvalue weighted by Gasteiger charge is -2.01. The van der Waals surface area contributed by atoms with Crippen molar-refractivity contribution in [3.8, 4) is 0 Å². The van der Waals surface area contributed by atoms with Gasteiger partial charge in [-0.1, -0.05) is 15.9 Å². The number of hydrogen-bond donors (Lipinski definition) is 0. The van der Waals surface area contributed by atoms with Crippen molar-refractivity contribution >= 4 is 21.8 Å². The summed E-state index contributed by atoms with van der Waals surface area (Å²) in [5, 5.41) is 0. The second-order valence-electron chi connectivity index (χ2n) is 2.20. The lowest BCUT2D eigenvalue weighted by atomic mass is 10.2. The van der Waals surface area contributed by atoms with Crippen LogP contribution < -0.4 is 0 Å². The lowest BCUT2D eigenvalue weighted by Crippen LogP contribution is -1.91. The molecule has 0 aliphatic carbocycles. The van der Waals surface area contributed by atoms with E-state index in [9.17, 15) is 17.6 Å². The fourth-order valence-corrected chi connectivity index (χ4v) is 1.23. The Morgan fingerprint density at radius 1 is 1.23 bits per heavy atom. The molecule has 0 aliphatic rings. The monoisotopic (exact) mass is 254 g/mol. The van der Waals surface area contributed by atoms with Crippen LogP contribution in [0.1, 0.15) is 5.56 Å². The van der Waals surface area contributed by atoms with E-state index >= 15 is 0 Å². The summed E-state index contributed by atoms with van der Waals surface area (Å²) >= 11 is 2.80. The van der Waals surface area contributed by atoms with Crippen LogP contribution in [-0.4, -0.2) is 0 Å². The Kier molecular flexibility index (Phi) is 3.08. The zero-order chi connectivity index (χ0) is 10.0. The van der Waals surface area contributed by atoms with Gasteiger partial charge in [-0.3, -0.25) is 0 Å². The molecular formula is C8H3BrF4. The van der Waals surface area contributed by atoms with Gasteiger partial charge in [0.15, 0.2) is 5.83 Å². The van der Waals surface area contributed by atoms with Gasteiger partial charge in [0.2, 0.25) is 0 Å². The van der Waals surface area contributed by atoms with E-state index in [-0.39, 0.29) is 4.47 Å². The fraction of sp³-hybridized carbons (Fsp3) is 0. The molecule has 0 unspecified atom stereocenters. The molecule has 0 saturated heterocycles. The minimum Gasteiger partial charge on any atom is -0.212 e. The Morgan fingerprint density at radius 3 is 2.08 bits per heavy atom. The molecule has 70 valence electrons. The van der Waals surface area contributed by atoms with Crippen molar-refractivity contribution in [2.75, 3.05) is 0 Å². The van der Waals surface area contributed by atoms with Gasteiger partial charge >= 0.3 is 0 Å². The standard InChI is InChI=1S/C8H3BrF4/c9-4-1-5(11)8(6(12)2-4)7(13)3-10/h1-3H. The predicted molar refractivity (Wildman–Crippen MR) is 44.3 cm³/mol. The normalized spacial score (nSPS) is 11.9. The molecule has 0 atom stereocenters. The Morgan fingerprint density at radius 2 is 1.69 bits per heavy atom. The average Bonchev–Trinajstić information content (AvgIpc) is 2.02. The highest BCUT2D eigenvalue weighted by Crippen LogP contribution is 2.26. The number of benzene rings is 1. The van der Waals surface area contributed by atoms with Gasteiger partial charge in [0.1, 0.15) is 18.0 Å². The van der Waals surface area contributed by atoms with Gasteiger partial charge in [0.05, 0.1) is 5.56 Å². The molecular weight excluding hydrogens is 252 g/mol. The van der Waals surface area contributed by atoms with Crippen molar-refractivity contribution in [1.29, 1.82) is 0 Å². The van der Waals surface area contributed by atoms with Gasteiger partial charge in [-0.2, -0.15) is 0 Å². The van der Waals surface area contributed by atoms with Crippen molar-refractivity contribution in [3.05, 3.63) is 40.1 Å². The van der Waals surface area contributed by atoms with Crippen molar-refractivity contribution in [2.45, 2.75) is 0 Å². The summed E-state index contributed by atoms with van der Waals surface area (Å²) in [5.41, 5.74) is -0.995. The van der Waals surface area contributed by atoms with Gasteiger partial charge in [0.25, 0.3) is 0 Å². The molecule has 1 rings (SSSR count). The fourth-order valence-electron chi connectivity index (χ4n) is 0.825. The first-order chi connectivity index (χ1) is 6.06. The summed E-state index contributed by atoms with van der Waals surface area (Å²) in [4.78, 5) is 0. The summed E-state index contributed by atoms with van der Waals surface area (Å²) in [7, 11) is 0. The summed E-state index contributed by atoms with van der Waals surface area (Å²) < 4.78 is 49.9. The van der Waals surface area contributed by atoms with E-state index in [0.717, 1.165) is 12.1 Å². The maximum Gasteiger partial charge on any atom is 0.164 e. The summed E-state index contributed by atoms with van der Waals surface area (Å²) in [6.07, 6.45) is -0.491. The second kappa shape index (κ2) is 3.91. The Balaban J connectivity index is 3.37. The van der Waals surface area contributed by atoms with Crippen LogP contribution in [0, 0.1) is 11.6 Å².